The molecule has 1 aromatic carbocycles. The summed E-state index contributed by atoms with van der Waals surface area (Å²) in [5.74, 6) is 1.11. The average Bonchev–Trinajstić information content (AvgIpc) is 3.12. The fourth-order valence-electron chi connectivity index (χ4n) is 2.39. The summed E-state index contributed by atoms with van der Waals surface area (Å²) in [6.45, 7) is 4.35. The Bertz CT molecular complexity index is 780. The minimum absolute atomic E-state index is 0.0603. The number of hydrogen-bond acceptors (Lipinski definition) is 5. The van der Waals surface area contributed by atoms with Crippen LogP contribution in [0.5, 0.6) is 11.5 Å². The number of ether oxygens (including phenoxy) is 1. The number of phenols is 1. The number of phenolic OH excluding ortho intramolecular Hbond substituents is 1. The Morgan fingerprint density at radius 3 is 2.87 bits per heavy atom. The number of rotatable bonds is 4. The van der Waals surface area contributed by atoms with Crippen LogP contribution in [0.4, 0.5) is 0 Å². The molecule has 2 heterocycles. The van der Waals surface area contributed by atoms with Crippen molar-refractivity contribution in [2.75, 3.05) is 12.5 Å². The third-order valence-corrected chi connectivity index (χ3v) is 5.44. The molecule has 0 unspecified atom stereocenters. The lowest BCUT2D eigenvalue weighted by Crippen LogP contribution is -2.13. The van der Waals surface area contributed by atoms with E-state index in [1.54, 1.807) is 17.4 Å². The van der Waals surface area contributed by atoms with E-state index in [4.69, 9.17) is 4.74 Å². The van der Waals surface area contributed by atoms with Crippen molar-refractivity contribution in [2.24, 2.45) is 0 Å². The van der Waals surface area contributed by atoms with E-state index in [0.717, 1.165) is 21.6 Å². The van der Waals surface area contributed by atoms with Crippen LogP contribution in [0.2, 0.25) is 0 Å². The van der Waals surface area contributed by atoms with Gasteiger partial charge in [-0.1, -0.05) is 11.8 Å². The van der Waals surface area contributed by atoms with Gasteiger partial charge in [0.1, 0.15) is 0 Å². The van der Waals surface area contributed by atoms with Crippen molar-refractivity contribution in [3.8, 4) is 21.9 Å². The summed E-state index contributed by atoms with van der Waals surface area (Å²) < 4.78 is 5.57. The standard InChI is InChI=1S/C17H17NO3S2/c1-3-21-13-7-11(8-14-17(20)18-9-23-14)6-12(15(13)19)16-10(2)4-5-22-16/h4-8,19H,3,9H2,1-2H3,(H,18,20). The number of amides is 1. The van der Waals surface area contributed by atoms with Gasteiger partial charge < -0.3 is 15.2 Å². The zero-order valence-corrected chi connectivity index (χ0v) is 14.5. The molecule has 6 heteroatoms. The highest BCUT2D eigenvalue weighted by molar-refractivity contribution is 8.04. The summed E-state index contributed by atoms with van der Waals surface area (Å²) in [5, 5.41) is 15.3. The molecule has 1 fully saturated rings. The molecule has 120 valence electrons. The average molecular weight is 347 g/mol. The van der Waals surface area contributed by atoms with Crippen LogP contribution in [0.25, 0.3) is 16.5 Å². The molecule has 0 saturated carbocycles. The van der Waals surface area contributed by atoms with E-state index in [9.17, 15) is 9.90 Å². The summed E-state index contributed by atoms with van der Waals surface area (Å²) in [5.41, 5.74) is 2.68. The highest BCUT2D eigenvalue weighted by Gasteiger charge is 2.19. The number of aryl methyl sites for hydroxylation is 1. The monoisotopic (exact) mass is 347 g/mol. The summed E-state index contributed by atoms with van der Waals surface area (Å²) in [4.78, 5) is 13.4. The van der Waals surface area contributed by atoms with E-state index in [2.05, 4.69) is 5.32 Å². The van der Waals surface area contributed by atoms with Gasteiger partial charge in [-0.3, -0.25) is 4.79 Å². The molecule has 1 aromatic heterocycles. The Hall–Kier alpha value is -1.92. The van der Waals surface area contributed by atoms with Gasteiger partial charge in [-0.25, -0.2) is 0 Å². The molecule has 3 rings (SSSR count). The lowest BCUT2D eigenvalue weighted by Gasteiger charge is -2.12. The van der Waals surface area contributed by atoms with Crippen LogP contribution in [-0.4, -0.2) is 23.5 Å². The quantitative estimate of drug-likeness (QED) is 0.821. The van der Waals surface area contributed by atoms with Crippen molar-refractivity contribution in [1.29, 1.82) is 0 Å². The van der Waals surface area contributed by atoms with Gasteiger partial charge in [0.25, 0.3) is 5.91 Å². The highest BCUT2D eigenvalue weighted by atomic mass is 32.2. The summed E-state index contributed by atoms with van der Waals surface area (Å²) in [6, 6.07) is 5.69. The zero-order valence-electron chi connectivity index (χ0n) is 12.9. The second kappa shape index (κ2) is 6.68. The molecule has 4 nitrogen and oxygen atoms in total. The molecule has 0 spiro atoms. The normalized spacial score (nSPS) is 15.9. The lowest BCUT2D eigenvalue weighted by atomic mass is 10.0. The smallest absolute Gasteiger partial charge is 0.258 e. The van der Waals surface area contributed by atoms with E-state index in [1.165, 1.54) is 11.8 Å². The topological polar surface area (TPSA) is 58.6 Å². The fourth-order valence-corrected chi connectivity index (χ4v) is 4.12. The van der Waals surface area contributed by atoms with Crippen LogP contribution in [0.1, 0.15) is 18.1 Å². The SMILES string of the molecule is CCOc1cc(C=C2SCNC2=O)cc(-c2sccc2C)c1O. The number of aromatic hydroxyl groups is 1. The van der Waals surface area contributed by atoms with Crippen molar-refractivity contribution in [3.63, 3.8) is 0 Å². The number of nitrogens with one attached hydrogen (secondary N) is 1. The molecular formula is C17H17NO3S2. The summed E-state index contributed by atoms with van der Waals surface area (Å²) >= 11 is 3.05. The third kappa shape index (κ3) is 3.23. The predicted molar refractivity (Wildman–Crippen MR) is 95.9 cm³/mol. The number of hydrogen-bond donors (Lipinski definition) is 2. The Morgan fingerprint density at radius 1 is 1.43 bits per heavy atom. The second-order valence-electron chi connectivity index (χ2n) is 5.08. The molecule has 1 aliphatic rings. The van der Waals surface area contributed by atoms with Crippen LogP contribution in [-0.2, 0) is 4.79 Å². The van der Waals surface area contributed by atoms with Gasteiger partial charge in [-0.2, -0.15) is 0 Å². The molecule has 0 bridgehead atoms. The van der Waals surface area contributed by atoms with E-state index >= 15 is 0 Å². The maximum Gasteiger partial charge on any atom is 0.258 e. The molecule has 1 saturated heterocycles. The number of thiophene rings is 1. The Labute approximate surface area is 143 Å². The molecular weight excluding hydrogens is 330 g/mol. The van der Waals surface area contributed by atoms with Crippen LogP contribution in [0, 0.1) is 6.92 Å². The molecule has 23 heavy (non-hydrogen) atoms. The Kier molecular flexibility index (Phi) is 4.63. The maximum absolute atomic E-state index is 11.7. The van der Waals surface area contributed by atoms with Gasteiger partial charge in [0.2, 0.25) is 0 Å². The van der Waals surface area contributed by atoms with Crippen LogP contribution in [0.15, 0.2) is 28.5 Å². The second-order valence-corrected chi connectivity index (χ2v) is 7.02. The maximum atomic E-state index is 11.7. The van der Waals surface area contributed by atoms with Gasteiger partial charge in [0.15, 0.2) is 11.5 Å². The van der Waals surface area contributed by atoms with E-state index in [1.807, 2.05) is 37.4 Å². The van der Waals surface area contributed by atoms with Gasteiger partial charge in [-0.15, -0.1) is 11.3 Å². The zero-order chi connectivity index (χ0) is 16.4. The van der Waals surface area contributed by atoms with Crippen molar-refractivity contribution < 1.29 is 14.6 Å². The number of carbonyl (C=O) groups is 1. The summed E-state index contributed by atoms with van der Waals surface area (Å²) in [7, 11) is 0. The number of benzene rings is 1. The number of thioether (sulfide) groups is 1. The first-order valence-corrected chi connectivity index (χ1v) is 9.13. The molecule has 1 aliphatic heterocycles. The van der Waals surface area contributed by atoms with Gasteiger partial charge in [0, 0.05) is 10.4 Å². The van der Waals surface area contributed by atoms with Gasteiger partial charge >= 0.3 is 0 Å². The highest BCUT2D eigenvalue weighted by Crippen LogP contribution is 2.42. The number of carbonyl (C=O) groups excluding carboxylic acids is 1. The minimum atomic E-state index is -0.0603. The third-order valence-electron chi connectivity index (χ3n) is 3.49. The van der Waals surface area contributed by atoms with Gasteiger partial charge in [-0.05, 0) is 54.6 Å². The first kappa shape index (κ1) is 16.0. The first-order valence-electron chi connectivity index (χ1n) is 7.27. The van der Waals surface area contributed by atoms with Crippen molar-refractivity contribution in [3.05, 3.63) is 39.6 Å². The van der Waals surface area contributed by atoms with Gasteiger partial charge in [0.05, 0.1) is 17.4 Å². The molecule has 0 atom stereocenters. The molecule has 0 aliphatic carbocycles. The van der Waals surface area contributed by atoms with Crippen molar-refractivity contribution in [2.45, 2.75) is 13.8 Å². The van der Waals surface area contributed by atoms with Crippen LogP contribution in [0.3, 0.4) is 0 Å². The Morgan fingerprint density at radius 2 is 2.26 bits per heavy atom. The van der Waals surface area contributed by atoms with E-state index in [-0.39, 0.29) is 11.7 Å². The van der Waals surface area contributed by atoms with Crippen LogP contribution >= 0.6 is 23.1 Å². The molecule has 0 radical (unpaired) electrons. The minimum Gasteiger partial charge on any atom is -0.504 e. The van der Waals surface area contributed by atoms with Crippen molar-refractivity contribution in [1.82, 2.24) is 5.32 Å². The van der Waals surface area contributed by atoms with E-state index < -0.39 is 0 Å². The van der Waals surface area contributed by atoms with Crippen molar-refractivity contribution >= 4 is 35.1 Å². The largest absolute Gasteiger partial charge is 0.504 e. The van der Waals surface area contributed by atoms with Crippen LogP contribution < -0.4 is 10.1 Å². The Balaban J connectivity index is 2.12. The molecule has 2 N–H and O–H groups in total. The molecule has 1 amide bonds. The summed E-state index contributed by atoms with van der Waals surface area (Å²) in [6.07, 6.45) is 1.83. The first-order chi connectivity index (χ1) is 11.1. The fraction of sp³-hybridized carbons (Fsp3) is 0.235. The predicted octanol–water partition coefficient (Wildman–Crippen LogP) is 3.99. The van der Waals surface area contributed by atoms with E-state index in [0.29, 0.717) is 23.1 Å². The molecule has 2 aromatic rings. The lowest BCUT2D eigenvalue weighted by molar-refractivity contribution is -0.116.